The number of aliphatic imine (C=N–C) groups is 1. The highest BCUT2D eigenvalue weighted by atomic mass is 16.5. The third kappa shape index (κ3) is 4.75. The molecule has 2 fully saturated rings. The van der Waals surface area contributed by atoms with E-state index >= 15 is 0 Å². The number of aliphatic hydroxyl groups excluding tert-OH is 1. The van der Waals surface area contributed by atoms with Crippen LogP contribution >= 0.6 is 0 Å². The Morgan fingerprint density at radius 1 is 1.27 bits per heavy atom. The minimum atomic E-state index is 0.00934. The zero-order valence-electron chi connectivity index (χ0n) is 15.6. The van der Waals surface area contributed by atoms with E-state index < -0.39 is 0 Å². The SMILES string of the molecule is CN=C(NCC1CCOC1c1ccccc1)NCC1(CCO)CCOC1. The summed E-state index contributed by atoms with van der Waals surface area (Å²) in [6.07, 6.45) is 2.92. The molecule has 1 aromatic rings. The lowest BCUT2D eigenvalue weighted by Gasteiger charge is -2.28. The van der Waals surface area contributed by atoms with Gasteiger partial charge in [0.05, 0.1) is 12.7 Å². The van der Waals surface area contributed by atoms with Crippen LogP contribution in [0.3, 0.4) is 0 Å². The van der Waals surface area contributed by atoms with Crippen LogP contribution in [0.25, 0.3) is 0 Å². The Hall–Kier alpha value is -1.63. The highest BCUT2D eigenvalue weighted by Gasteiger charge is 2.35. The summed E-state index contributed by atoms with van der Waals surface area (Å²) in [4.78, 5) is 4.35. The van der Waals surface area contributed by atoms with E-state index in [0.717, 1.165) is 51.5 Å². The standard InChI is InChI=1S/C20H31N3O3/c1-21-19(23-14-20(8-10-24)9-12-25-15-20)22-13-17-7-11-26-18(17)16-5-3-2-4-6-16/h2-6,17-18,24H,7-15H2,1H3,(H2,21,22,23). The van der Waals surface area contributed by atoms with Gasteiger partial charge in [-0.15, -0.1) is 0 Å². The highest BCUT2D eigenvalue weighted by Crippen LogP contribution is 2.34. The molecule has 1 aromatic carbocycles. The maximum absolute atomic E-state index is 9.36. The van der Waals surface area contributed by atoms with E-state index in [4.69, 9.17) is 9.47 Å². The van der Waals surface area contributed by atoms with Gasteiger partial charge in [0.25, 0.3) is 0 Å². The van der Waals surface area contributed by atoms with E-state index in [1.807, 2.05) is 6.07 Å². The van der Waals surface area contributed by atoms with Crippen molar-refractivity contribution in [3.05, 3.63) is 35.9 Å². The summed E-state index contributed by atoms with van der Waals surface area (Å²) < 4.78 is 11.5. The van der Waals surface area contributed by atoms with Gasteiger partial charge in [0, 0.05) is 51.3 Å². The van der Waals surface area contributed by atoms with Gasteiger partial charge in [0.15, 0.2) is 5.96 Å². The maximum Gasteiger partial charge on any atom is 0.191 e. The summed E-state index contributed by atoms with van der Waals surface area (Å²) in [6.45, 7) is 4.04. The number of rotatable bonds is 7. The number of nitrogens with zero attached hydrogens (tertiary/aromatic N) is 1. The van der Waals surface area contributed by atoms with Crippen LogP contribution in [0.5, 0.6) is 0 Å². The van der Waals surface area contributed by atoms with Crippen molar-refractivity contribution in [2.24, 2.45) is 16.3 Å². The first-order valence-corrected chi connectivity index (χ1v) is 9.56. The summed E-state index contributed by atoms with van der Waals surface area (Å²) in [5.41, 5.74) is 1.25. The molecule has 3 N–H and O–H groups in total. The number of benzene rings is 1. The predicted octanol–water partition coefficient (Wildman–Crippen LogP) is 1.72. The highest BCUT2D eigenvalue weighted by molar-refractivity contribution is 5.79. The molecule has 2 aliphatic rings. The number of hydrogen-bond donors (Lipinski definition) is 3. The Morgan fingerprint density at radius 2 is 2.12 bits per heavy atom. The zero-order valence-corrected chi connectivity index (χ0v) is 15.6. The van der Waals surface area contributed by atoms with Gasteiger partial charge in [0.2, 0.25) is 0 Å². The molecule has 0 aromatic heterocycles. The monoisotopic (exact) mass is 361 g/mol. The minimum Gasteiger partial charge on any atom is -0.396 e. The van der Waals surface area contributed by atoms with Crippen LogP contribution in [-0.4, -0.2) is 57.6 Å². The summed E-state index contributed by atoms with van der Waals surface area (Å²) in [5, 5.41) is 16.2. The molecule has 144 valence electrons. The van der Waals surface area contributed by atoms with Crippen LogP contribution in [0.1, 0.15) is 30.9 Å². The van der Waals surface area contributed by atoms with Crippen molar-refractivity contribution in [1.82, 2.24) is 10.6 Å². The molecule has 0 saturated carbocycles. The molecule has 0 aliphatic carbocycles. The van der Waals surface area contributed by atoms with Crippen molar-refractivity contribution in [1.29, 1.82) is 0 Å². The third-order valence-corrected chi connectivity index (χ3v) is 5.56. The lowest BCUT2D eigenvalue weighted by atomic mass is 9.84. The average molecular weight is 361 g/mol. The Kier molecular flexibility index (Phi) is 6.88. The molecule has 0 spiro atoms. The molecular formula is C20H31N3O3. The van der Waals surface area contributed by atoms with Gasteiger partial charge < -0.3 is 25.2 Å². The Morgan fingerprint density at radius 3 is 2.81 bits per heavy atom. The van der Waals surface area contributed by atoms with Crippen LogP contribution in [0.4, 0.5) is 0 Å². The molecule has 2 saturated heterocycles. The van der Waals surface area contributed by atoms with E-state index in [1.165, 1.54) is 5.56 Å². The molecule has 2 heterocycles. The molecule has 6 heteroatoms. The Bertz CT molecular complexity index is 573. The van der Waals surface area contributed by atoms with E-state index in [2.05, 4.69) is 39.9 Å². The van der Waals surface area contributed by atoms with Gasteiger partial charge >= 0.3 is 0 Å². The smallest absolute Gasteiger partial charge is 0.191 e. The van der Waals surface area contributed by atoms with Gasteiger partial charge in [-0.1, -0.05) is 30.3 Å². The van der Waals surface area contributed by atoms with Gasteiger partial charge in [-0.2, -0.15) is 0 Å². The van der Waals surface area contributed by atoms with Gasteiger partial charge in [-0.05, 0) is 24.8 Å². The summed E-state index contributed by atoms with van der Waals surface area (Å²) in [7, 11) is 1.79. The summed E-state index contributed by atoms with van der Waals surface area (Å²) in [5.74, 6) is 1.23. The molecule has 3 rings (SSSR count). The number of guanidine groups is 1. The lowest BCUT2D eigenvalue weighted by Crippen LogP contribution is -2.45. The molecule has 0 radical (unpaired) electrons. The van der Waals surface area contributed by atoms with Crippen LogP contribution in [0.15, 0.2) is 35.3 Å². The fourth-order valence-electron chi connectivity index (χ4n) is 3.89. The largest absolute Gasteiger partial charge is 0.396 e. The van der Waals surface area contributed by atoms with Gasteiger partial charge in [-0.25, -0.2) is 0 Å². The van der Waals surface area contributed by atoms with Gasteiger partial charge in [-0.3, -0.25) is 4.99 Å². The summed E-state index contributed by atoms with van der Waals surface area (Å²) in [6, 6.07) is 10.4. The van der Waals surface area contributed by atoms with Crippen molar-refractivity contribution in [2.45, 2.75) is 25.4 Å². The predicted molar refractivity (Wildman–Crippen MR) is 102 cm³/mol. The molecule has 0 amide bonds. The van der Waals surface area contributed by atoms with E-state index in [0.29, 0.717) is 12.5 Å². The van der Waals surface area contributed by atoms with Crippen LogP contribution < -0.4 is 10.6 Å². The van der Waals surface area contributed by atoms with E-state index in [-0.39, 0.29) is 18.1 Å². The third-order valence-electron chi connectivity index (χ3n) is 5.56. The van der Waals surface area contributed by atoms with Crippen molar-refractivity contribution < 1.29 is 14.6 Å². The normalized spacial score (nSPS) is 29.1. The topological polar surface area (TPSA) is 75.1 Å². The first-order valence-electron chi connectivity index (χ1n) is 9.56. The molecule has 0 bridgehead atoms. The van der Waals surface area contributed by atoms with Crippen LogP contribution in [0.2, 0.25) is 0 Å². The molecule has 26 heavy (non-hydrogen) atoms. The fourth-order valence-corrected chi connectivity index (χ4v) is 3.89. The number of ether oxygens (including phenoxy) is 2. The second-order valence-corrected chi connectivity index (χ2v) is 7.33. The average Bonchev–Trinajstić information content (AvgIpc) is 3.33. The molecular weight excluding hydrogens is 330 g/mol. The molecule has 6 nitrogen and oxygen atoms in total. The molecule has 3 unspecified atom stereocenters. The van der Waals surface area contributed by atoms with Gasteiger partial charge in [0.1, 0.15) is 0 Å². The quantitative estimate of drug-likeness (QED) is 0.509. The minimum absolute atomic E-state index is 0.00934. The van der Waals surface area contributed by atoms with E-state index in [1.54, 1.807) is 7.05 Å². The van der Waals surface area contributed by atoms with Crippen LogP contribution in [0, 0.1) is 11.3 Å². The lowest BCUT2D eigenvalue weighted by molar-refractivity contribution is 0.0914. The first-order chi connectivity index (χ1) is 12.8. The van der Waals surface area contributed by atoms with Crippen LogP contribution in [-0.2, 0) is 9.47 Å². The van der Waals surface area contributed by atoms with Crippen molar-refractivity contribution in [3.8, 4) is 0 Å². The van der Waals surface area contributed by atoms with Crippen molar-refractivity contribution in [3.63, 3.8) is 0 Å². The van der Waals surface area contributed by atoms with Crippen molar-refractivity contribution in [2.75, 3.05) is 46.6 Å². The number of nitrogens with one attached hydrogen (secondary N) is 2. The molecule has 2 aliphatic heterocycles. The molecule has 3 atom stereocenters. The van der Waals surface area contributed by atoms with Crippen molar-refractivity contribution >= 4 is 5.96 Å². The second-order valence-electron chi connectivity index (χ2n) is 7.33. The first kappa shape index (κ1) is 19.1. The van der Waals surface area contributed by atoms with E-state index in [9.17, 15) is 5.11 Å². The Labute approximate surface area is 156 Å². The number of hydrogen-bond acceptors (Lipinski definition) is 4. The summed E-state index contributed by atoms with van der Waals surface area (Å²) >= 11 is 0. The number of aliphatic hydroxyl groups is 1. The second kappa shape index (κ2) is 9.35. The zero-order chi connectivity index (χ0) is 18.2. The fraction of sp³-hybridized carbons (Fsp3) is 0.650. The maximum atomic E-state index is 9.36. The Balaban J connectivity index is 1.51.